The zero-order chi connectivity index (χ0) is 11.0. The van der Waals surface area contributed by atoms with E-state index < -0.39 is 5.97 Å². The smallest absolute Gasteiger partial charge is 0.337 e. The number of carboxylic acids is 1. The summed E-state index contributed by atoms with van der Waals surface area (Å²) in [5.74, 6) is -0.578. The number of carboxylic acid groups (broad SMARTS) is 1. The molecule has 0 aliphatic heterocycles. The van der Waals surface area contributed by atoms with Crippen LogP contribution in [0.3, 0.4) is 0 Å². The summed E-state index contributed by atoms with van der Waals surface area (Å²) in [6.07, 6.45) is 0. The van der Waals surface area contributed by atoms with Crippen LogP contribution in [0, 0.1) is 0 Å². The molecule has 0 amide bonds. The highest BCUT2D eigenvalue weighted by Gasteiger charge is 2.13. The molecule has 1 heterocycles. The summed E-state index contributed by atoms with van der Waals surface area (Å²) in [4.78, 5) is 15.3. The lowest BCUT2D eigenvalue weighted by molar-refractivity contribution is 0.0699. The van der Waals surface area contributed by atoms with Crippen molar-refractivity contribution in [2.75, 3.05) is 0 Å². The zero-order valence-electron chi connectivity index (χ0n) is 8.52. The Hall–Kier alpha value is -1.42. The third-order valence-electron chi connectivity index (χ3n) is 2.16. The van der Waals surface area contributed by atoms with Crippen molar-refractivity contribution in [3.63, 3.8) is 0 Å². The lowest BCUT2D eigenvalue weighted by Gasteiger charge is -1.95. The fourth-order valence-corrected chi connectivity index (χ4v) is 2.38. The number of hydrogen-bond acceptors (Lipinski definition) is 3. The minimum Gasteiger partial charge on any atom is -0.478 e. The highest BCUT2D eigenvalue weighted by atomic mass is 32.1. The molecular formula is C11H11NO2S. The van der Waals surface area contributed by atoms with Crippen LogP contribution in [0.2, 0.25) is 0 Å². The van der Waals surface area contributed by atoms with Gasteiger partial charge in [0.1, 0.15) is 0 Å². The van der Waals surface area contributed by atoms with Gasteiger partial charge in [-0.15, -0.1) is 11.3 Å². The van der Waals surface area contributed by atoms with E-state index in [1.54, 1.807) is 23.5 Å². The van der Waals surface area contributed by atoms with Crippen LogP contribution in [0.1, 0.15) is 35.1 Å². The first-order chi connectivity index (χ1) is 7.09. The summed E-state index contributed by atoms with van der Waals surface area (Å²) in [6, 6.07) is 5.26. The van der Waals surface area contributed by atoms with Gasteiger partial charge in [0.15, 0.2) is 0 Å². The van der Waals surface area contributed by atoms with Gasteiger partial charge in [0.2, 0.25) is 0 Å². The molecule has 0 spiro atoms. The summed E-state index contributed by atoms with van der Waals surface area (Å²) in [6.45, 7) is 4.11. The Morgan fingerprint density at radius 1 is 1.47 bits per heavy atom. The van der Waals surface area contributed by atoms with E-state index >= 15 is 0 Å². The van der Waals surface area contributed by atoms with Crippen molar-refractivity contribution in [1.29, 1.82) is 0 Å². The number of benzene rings is 1. The molecule has 0 aliphatic rings. The van der Waals surface area contributed by atoms with Crippen molar-refractivity contribution in [1.82, 2.24) is 4.98 Å². The average molecular weight is 221 g/mol. The summed E-state index contributed by atoms with van der Waals surface area (Å²) in [7, 11) is 0. The molecule has 4 heteroatoms. The summed E-state index contributed by atoms with van der Waals surface area (Å²) < 4.78 is 0.943. The molecule has 2 rings (SSSR count). The van der Waals surface area contributed by atoms with Crippen molar-refractivity contribution in [3.8, 4) is 0 Å². The minimum atomic E-state index is -0.916. The maximum absolute atomic E-state index is 11.0. The number of aromatic nitrogens is 1. The normalized spacial score (nSPS) is 11.1. The molecule has 1 aromatic carbocycles. The van der Waals surface area contributed by atoms with Crippen LogP contribution in [-0.2, 0) is 0 Å². The number of fused-ring (bicyclic) bond motifs is 1. The number of thiazole rings is 1. The first-order valence-corrected chi connectivity index (χ1v) is 5.54. The van der Waals surface area contributed by atoms with Crippen LogP contribution in [0.4, 0.5) is 0 Å². The lowest BCUT2D eigenvalue weighted by Crippen LogP contribution is -1.97. The van der Waals surface area contributed by atoms with Gasteiger partial charge in [0.05, 0.1) is 20.8 Å². The van der Waals surface area contributed by atoms with E-state index in [0.717, 1.165) is 9.71 Å². The predicted octanol–water partition coefficient (Wildman–Crippen LogP) is 3.12. The second-order valence-electron chi connectivity index (χ2n) is 3.66. The van der Waals surface area contributed by atoms with E-state index in [0.29, 0.717) is 11.4 Å². The first-order valence-electron chi connectivity index (χ1n) is 4.72. The molecule has 0 radical (unpaired) electrons. The molecule has 2 aromatic rings. The summed E-state index contributed by atoms with van der Waals surface area (Å²) in [5, 5.41) is 9.98. The van der Waals surface area contributed by atoms with E-state index in [4.69, 9.17) is 5.11 Å². The van der Waals surface area contributed by atoms with E-state index in [9.17, 15) is 4.79 Å². The Morgan fingerprint density at radius 3 is 2.80 bits per heavy atom. The van der Waals surface area contributed by atoms with Crippen molar-refractivity contribution in [3.05, 3.63) is 28.8 Å². The number of hydrogen-bond donors (Lipinski definition) is 1. The number of rotatable bonds is 2. The molecule has 0 fully saturated rings. The summed E-state index contributed by atoms with van der Waals surface area (Å²) >= 11 is 1.56. The molecular weight excluding hydrogens is 210 g/mol. The predicted molar refractivity (Wildman–Crippen MR) is 60.7 cm³/mol. The van der Waals surface area contributed by atoms with Gasteiger partial charge in [-0.3, -0.25) is 0 Å². The highest BCUT2D eigenvalue weighted by Crippen LogP contribution is 2.29. The largest absolute Gasteiger partial charge is 0.478 e. The fourth-order valence-electron chi connectivity index (χ4n) is 1.39. The Balaban J connectivity index is 2.70. The maximum Gasteiger partial charge on any atom is 0.337 e. The number of aromatic carboxylic acids is 1. The van der Waals surface area contributed by atoms with Crippen LogP contribution in [0.15, 0.2) is 18.2 Å². The molecule has 0 atom stereocenters. The minimum absolute atomic E-state index is 0.288. The van der Waals surface area contributed by atoms with Crippen LogP contribution in [-0.4, -0.2) is 16.1 Å². The van der Waals surface area contributed by atoms with Crippen molar-refractivity contribution in [2.45, 2.75) is 19.8 Å². The van der Waals surface area contributed by atoms with Gasteiger partial charge in [-0.2, -0.15) is 0 Å². The molecule has 78 valence electrons. The van der Waals surface area contributed by atoms with Gasteiger partial charge in [-0.25, -0.2) is 9.78 Å². The van der Waals surface area contributed by atoms with Crippen LogP contribution < -0.4 is 0 Å². The quantitative estimate of drug-likeness (QED) is 0.847. The fraction of sp³-hybridized carbons (Fsp3) is 0.273. The van der Waals surface area contributed by atoms with Gasteiger partial charge in [-0.1, -0.05) is 19.9 Å². The number of carbonyl (C=O) groups is 1. The molecule has 0 bridgehead atoms. The molecule has 1 aromatic heterocycles. The van der Waals surface area contributed by atoms with E-state index in [-0.39, 0.29) is 5.56 Å². The van der Waals surface area contributed by atoms with Gasteiger partial charge in [0, 0.05) is 5.92 Å². The Kier molecular flexibility index (Phi) is 2.44. The van der Waals surface area contributed by atoms with Gasteiger partial charge < -0.3 is 5.11 Å². The van der Waals surface area contributed by atoms with E-state index in [1.807, 2.05) is 6.07 Å². The van der Waals surface area contributed by atoms with E-state index in [2.05, 4.69) is 18.8 Å². The lowest BCUT2D eigenvalue weighted by atomic mass is 10.2. The molecule has 0 saturated heterocycles. The monoisotopic (exact) mass is 221 g/mol. The third-order valence-corrected chi connectivity index (χ3v) is 3.48. The van der Waals surface area contributed by atoms with Crippen molar-refractivity contribution in [2.24, 2.45) is 0 Å². The molecule has 0 aliphatic carbocycles. The van der Waals surface area contributed by atoms with Crippen LogP contribution >= 0.6 is 11.3 Å². The van der Waals surface area contributed by atoms with Crippen molar-refractivity contribution >= 4 is 27.5 Å². The third kappa shape index (κ3) is 1.72. The van der Waals surface area contributed by atoms with Gasteiger partial charge in [0.25, 0.3) is 0 Å². The molecule has 15 heavy (non-hydrogen) atoms. The van der Waals surface area contributed by atoms with Gasteiger partial charge in [-0.05, 0) is 12.1 Å². The molecule has 1 N–H and O–H groups in total. The topological polar surface area (TPSA) is 50.2 Å². The first kappa shape index (κ1) is 10.1. The Labute approximate surface area is 91.4 Å². The maximum atomic E-state index is 11.0. The Morgan fingerprint density at radius 2 is 2.20 bits per heavy atom. The number of para-hydroxylation sites is 1. The molecule has 0 saturated carbocycles. The van der Waals surface area contributed by atoms with Crippen LogP contribution in [0.5, 0.6) is 0 Å². The van der Waals surface area contributed by atoms with E-state index in [1.165, 1.54) is 0 Å². The Bertz CT molecular complexity index is 516. The summed E-state index contributed by atoms with van der Waals surface area (Å²) in [5.41, 5.74) is 0.898. The van der Waals surface area contributed by atoms with Crippen molar-refractivity contribution < 1.29 is 9.90 Å². The second kappa shape index (κ2) is 3.62. The standard InChI is InChI=1S/C11H11NO2S/c1-6(2)10-12-9-7(11(13)14)4-3-5-8(9)15-10/h3-6H,1-2H3,(H,13,14). The van der Waals surface area contributed by atoms with Crippen LogP contribution in [0.25, 0.3) is 10.2 Å². The average Bonchev–Trinajstić information content (AvgIpc) is 2.60. The van der Waals surface area contributed by atoms with Gasteiger partial charge >= 0.3 is 5.97 Å². The molecule has 0 unspecified atom stereocenters. The SMILES string of the molecule is CC(C)c1nc2c(C(=O)O)cccc2s1. The number of nitrogens with zero attached hydrogens (tertiary/aromatic N) is 1. The second-order valence-corrected chi connectivity index (χ2v) is 4.73. The zero-order valence-corrected chi connectivity index (χ0v) is 9.34. The highest BCUT2D eigenvalue weighted by molar-refractivity contribution is 7.18. The molecule has 3 nitrogen and oxygen atoms in total.